The maximum Gasteiger partial charge on any atom is 0.255 e. The molecule has 1 saturated heterocycles. The van der Waals surface area contributed by atoms with Crippen LogP contribution in [0.5, 0.6) is 0 Å². The summed E-state index contributed by atoms with van der Waals surface area (Å²) in [7, 11) is 0. The Labute approximate surface area is 153 Å². The Kier molecular flexibility index (Phi) is 5.62. The van der Waals surface area contributed by atoms with Crippen LogP contribution in [0.4, 0.5) is 0 Å². The van der Waals surface area contributed by atoms with Crippen LogP contribution in [0.25, 0.3) is 0 Å². The zero-order chi connectivity index (χ0) is 16.2. The van der Waals surface area contributed by atoms with E-state index in [4.69, 9.17) is 11.6 Å². The molecule has 3 rings (SSSR count). The maximum atomic E-state index is 12.3. The number of halogens is 2. The van der Waals surface area contributed by atoms with Gasteiger partial charge in [-0.3, -0.25) is 4.79 Å². The summed E-state index contributed by atoms with van der Waals surface area (Å²) in [6.07, 6.45) is 3.87. The number of likely N-dealkylation sites (tertiary alicyclic amines) is 1. The molecule has 0 atom stereocenters. The molecule has 0 spiro atoms. The number of thioether (sulfide) groups is 1. The van der Waals surface area contributed by atoms with Gasteiger partial charge in [0, 0.05) is 34.5 Å². The molecule has 1 fully saturated rings. The fraction of sp³-hybridized carbons (Fsp3) is 0.294. The molecule has 1 aromatic carbocycles. The number of pyridine rings is 1. The second-order valence-electron chi connectivity index (χ2n) is 5.41. The van der Waals surface area contributed by atoms with Crippen molar-refractivity contribution < 1.29 is 4.79 Å². The predicted molar refractivity (Wildman–Crippen MR) is 98.1 cm³/mol. The Bertz CT molecular complexity index is 702. The Balaban J connectivity index is 1.63. The first kappa shape index (κ1) is 16.8. The number of rotatable bonds is 4. The second kappa shape index (κ2) is 7.69. The number of benzene rings is 1. The molecule has 0 bridgehead atoms. The Hall–Kier alpha value is -1.04. The summed E-state index contributed by atoms with van der Waals surface area (Å²) in [4.78, 5) is 18.6. The van der Waals surface area contributed by atoms with Gasteiger partial charge in [0.15, 0.2) is 0 Å². The molecule has 0 aliphatic carbocycles. The normalized spacial score (nSPS) is 14.3. The van der Waals surface area contributed by atoms with Crippen LogP contribution < -0.4 is 0 Å². The van der Waals surface area contributed by atoms with Crippen LogP contribution in [-0.2, 0) is 5.75 Å². The molecule has 1 aromatic heterocycles. The monoisotopic (exact) mass is 410 g/mol. The third-order valence-electron chi connectivity index (χ3n) is 3.76. The summed E-state index contributed by atoms with van der Waals surface area (Å²) in [5, 5.41) is 1.64. The zero-order valence-corrected chi connectivity index (χ0v) is 15.6. The molecular formula is C17H16BrClN2OS. The van der Waals surface area contributed by atoms with Crippen molar-refractivity contribution in [2.75, 3.05) is 13.1 Å². The smallest absolute Gasteiger partial charge is 0.255 e. The molecule has 0 N–H and O–H groups in total. The highest BCUT2D eigenvalue weighted by atomic mass is 79.9. The molecule has 23 heavy (non-hydrogen) atoms. The number of hydrogen-bond acceptors (Lipinski definition) is 3. The topological polar surface area (TPSA) is 33.2 Å². The minimum absolute atomic E-state index is 0.0848. The van der Waals surface area contributed by atoms with Gasteiger partial charge in [-0.1, -0.05) is 27.5 Å². The summed E-state index contributed by atoms with van der Waals surface area (Å²) in [5.74, 6) is 0.826. The molecule has 2 heterocycles. The van der Waals surface area contributed by atoms with Crippen molar-refractivity contribution in [3.8, 4) is 0 Å². The molecule has 1 aliphatic rings. The molecule has 0 saturated carbocycles. The van der Waals surface area contributed by atoms with E-state index in [2.05, 4.69) is 20.9 Å². The standard InChI is InChI=1S/C17H16BrClN2OS/c18-14-4-5-15(19)13(9-14)11-23-16-6-3-12(10-20-16)17(22)21-7-1-2-8-21/h3-6,9-10H,1-2,7-8,11H2. The molecule has 0 radical (unpaired) electrons. The van der Waals surface area contributed by atoms with E-state index in [1.807, 2.05) is 35.2 Å². The van der Waals surface area contributed by atoms with Gasteiger partial charge in [-0.25, -0.2) is 4.98 Å². The average molecular weight is 412 g/mol. The largest absolute Gasteiger partial charge is 0.339 e. The van der Waals surface area contributed by atoms with Gasteiger partial charge < -0.3 is 4.90 Å². The lowest BCUT2D eigenvalue weighted by molar-refractivity contribution is 0.0792. The van der Waals surface area contributed by atoms with E-state index < -0.39 is 0 Å². The van der Waals surface area contributed by atoms with Crippen LogP contribution in [0.2, 0.25) is 5.02 Å². The summed E-state index contributed by atoms with van der Waals surface area (Å²) in [5.41, 5.74) is 1.72. The number of carbonyl (C=O) groups excluding carboxylic acids is 1. The van der Waals surface area contributed by atoms with Crippen molar-refractivity contribution in [2.24, 2.45) is 0 Å². The summed E-state index contributed by atoms with van der Waals surface area (Å²) >= 11 is 11.3. The Morgan fingerprint density at radius 2 is 2.04 bits per heavy atom. The van der Waals surface area contributed by atoms with Crippen molar-refractivity contribution in [3.63, 3.8) is 0 Å². The number of hydrogen-bond donors (Lipinski definition) is 0. The first-order valence-corrected chi connectivity index (χ1v) is 9.61. The molecule has 1 amide bonds. The molecule has 3 nitrogen and oxygen atoms in total. The van der Waals surface area contributed by atoms with Gasteiger partial charge in [0.2, 0.25) is 0 Å². The predicted octanol–water partition coefficient (Wildman–Crippen LogP) is 5.03. The minimum Gasteiger partial charge on any atom is -0.339 e. The van der Waals surface area contributed by atoms with Crippen LogP contribution in [0, 0.1) is 0 Å². The van der Waals surface area contributed by atoms with Crippen molar-refractivity contribution in [3.05, 3.63) is 57.2 Å². The van der Waals surface area contributed by atoms with Gasteiger partial charge in [0.25, 0.3) is 5.91 Å². The molecular weight excluding hydrogens is 396 g/mol. The highest BCUT2D eigenvalue weighted by molar-refractivity contribution is 9.10. The molecule has 0 unspecified atom stereocenters. The van der Waals surface area contributed by atoms with E-state index in [-0.39, 0.29) is 5.91 Å². The number of aromatic nitrogens is 1. The number of carbonyl (C=O) groups is 1. The summed E-state index contributed by atoms with van der Waals surface area (Å²) < 4.78 is 1.01. The summed E-state index contributed by atoms with van der Waals surface area (Å²) in [6, 6.07) is 9.58. The first-order valence-electron chi connectivity index (χ1n) is 7.45. The van der Waals surface area contributed by atoms with Gasteiger partial charge in [-0.05, 0) is 48.7 Å². The Morgan fingerprint density at radius 1 is 1.26 bits per heavy atom. The molecule has 1 aliphatic heterocycles. The van der Waals surface area contributed by atoms with E-state index in [9.17, 15) is 4.79 Å². The van der Waals surface area contributed by atoms with Gasteiger partial charge in [0.1, 0.15) is 0 Å². The van der Waals surface area contributed by atoms with Crippen molar-refractivity contribution >= 4 is 45.2 Å². The Morgan fingerprint density at radius 3 is 2.74 bits per heavy atom. The fourth-order valence-electron chi connectivity index (χ4n) is 2.50. The lowest BCUT2D eigenvalue weighted by Gasteiger charge is -2.14. The first-order chi connectivity index (χ1) is 11.1. The van der Waals surface area contributed by atoms with E-state index in [0.29, 0.717) is 5.56 Å². The molecule has 120 valence electrons. The van der Waals surface area contributed by atoms with E-state index >= 15 is 0 Å². The SMILES string of the molecule is O=C(c1ccc(SCc2cc(Br)ccc2Cl)nc1)N1CCCC1. The highest BCUT2D eigenvalue weighted by Gasteiger charge is 2.19. The van der Waals surface area contributed by atoms with Gasteiger partial charge in [-0.15, -0.1) is 11.8 Å². The lowest BCUT2D eigenvalue weighted by Crippen LogP contribution is -2.27. The van der Waals surface area contributed by atoms with E-state index in [1.165, 1.54) is 0 Å². The molecule has 6 heteroatoms. The van der Waals surface area contributed by atoms with Gasteiger partial charge in [0.05, 0.1) is 10.6 Å². The molecule has 2 aromatic rings. The highest BCUT2D eigenvalue weighted by Crippen LogP contribution is 2.28. The zero-order valence-electron chi connectivity index (χ0n) is 12.5. The van der Waals surface area contributed by atoms with Gasteiger partial charge >= 0.3 is 0 Å². The third kappa shape index (κ3) is 4.28. The van der Waals surface area contributed by atoms with Gasteiger partial charge in [-0.2, -0.15) is 0 Å². The number of nitrogens with zero attached hydrogens (tertiary/aromatic N) is 2. The summed E-state index contributed by atoms with van der Waals surface area (Å²) in [6.45, 7) is 1.72. The maximum absolute atomic E-state index is 12.3. The van der Waals surface area contributed by atoms with Crippen molar-refractivity contribution in [2.45, 2.75) is 23.6 Å². The number of amides is 1. The van der Waals surface area contributed by atoms with Crippen LogP contribution in [0.3, 0.4) is 0 Å². The van der Waals surface area contributed by atoms with Crippen LogP contribution in [-0.4, -0.2) is 28.9 Å². The second-order valence-corrected chi connectivity index (χ2v) is 7.73. The van der Waals surface area contributed by atoms with E-state index in [0.717, 1.165) is 51.8 Å². The van der Waals surface area contributed by atoms with Crippen LogP contribution >= 0.6 is 39.3 Å². The van der Waals surface area contributed by atoms with Crippen LogP contribution in [0.15, 0.2) is 46.0 Å². The van der Waals surface area contributed by atoms with Crippen molar-refractivity contribution in [1.29, 1.82) is 0 Å². The minimum atomic E-state index is 0.0848. The van der Waals surface area contributed by atoms with Crippen molar-refractivity contribution in [1.82, 2.24) is 9.88 Å². The van der Waals surface area contributed by atoms with E-state index in [1.54, 1.807) is 18.0 Å². The van der Waals surface area contributed by atoms with Crippen LogP contribution in [0.1, 0.15) is 28.8 Å². The average Bonchev–Trinajstić information content (AvgIpc) is 3.10. The lowest BCUT2D eigenvalue weighted by atomic mass is 10.2. The quantitative estimate of drug-likeness (QED) is 0.662. The fourth-order valence-corrected chi connectivity index (χ4v) is 4.01. The third-order valence-corrected chi connectivity index (χ3v) is 5.61.